The molecule has 1 aliphatic rings. The van der Waals surface area contributed by atoms with Crippen molar-refractivity contribution in [1.29, 1.82) is 0 Å². The Labute approximate surface area is 124 Å². The van der Waals surface area contributed by atoms with Crippen molar-refractivity contribution in [2.45, 2.75) is 17.2 Å². The lowest BCUT2D eigenvalue weighted by molar-refractivity contribution is -0.153. The number of carboxylic acid groups (broad SMARTS) is 1. The zero-order valence-corrected chi connectivity index (χ0v) is 11.9. The molecule has 2 rings (SSSR count). The molecule has 0 spiro atoms. The van der Waals surface area contributed by atoms with Gasteiger partial charge in [0.15, 0.2) is 6.10 Å². The second-order valence-corrected chi connectivity index (χ2v) is 6.46. The topological polar surface area (TPSA) is 83.9 Å². The van der Waals surface area contributed by atoms with Crippen LogP contribution in [0.5, 0.6) is 0 Å². The van der Waals surface area contributed by atoms with Gasteiger partial charge in [-0.25, -0.2) is 13.2 Å². The Hall–Kier alpha value is -1.65. The molecule has 6 nitrogen and oxygen atoms in total. The van der Waals surface area contributed by atoms with Crippen LogP contribution in [0.15, 0.2) is 29.2 Å². The molecule has 1 atom stereocenters. The number of alkyl halides is 3. The number of ether oxygens (including phenoxy) is 1. The molecule has 22 heavy (non-hydrogen) atoms. The molecular formula is C12H12F3NO5S. The molecule has 0 amide bonds. The molecule has 1 fully saturated rings. The first kappa shape index (κ1) is 16.7. The van der Waals surface area contributed by atoms with Crippen molar-refractivity contribution in [3.63, 3.8) is 0 Å². The highest BCUT2D eigenvalue weighted by Crippen LogP contribution is 2.35. The molecule has 10 heteroatoms. The van der Waals surface area contributed by atoms with Crippen molar-refractivity contribution in [3.8, 4) is 0 Å². The van der Waals surface area contributed by atoms with Crippen LogP contribution in [-0.2, 0) is 25.7 Å². The lowest BCUT2D eigenvalue weighted by Gasteiger charge is -2.30. The third-order valence-electron chi connectivity index (χ3n) is 3.11. The summed E-state index contributed by atoms with van der Waals surface area (Å²) in [5.41, 5.74) is -1.28. The van der Waals surface area contributed by atoms with E-state index in [1.807, 2.05) is 0 Å². The molecule has 1 N–H and O–H groups in total. The Kier molecular flexibility index (Phi) is 4.45. The number of carboxylic acids is 1. The Balaban J connectivity index is 2.41. The molecule has 1 aliphatic heterocycles. The molecule has 0 radical (unpaired) electrons. The van der Waals surface area contributed by atoms with Crippen molar-refractivity contribution in [2.24, 2.45) is 0 Å². The molecule has 1 aromatic carbocycles. The highest BCUT2D eigenvalue weighted by atomic mass is 32.2. The smallest absolute Gasteiger partial charge is 0.417 e. The lowest BCUT2D eigenvalue weighted by Crippen LogP contribution is -2.48. The van der Waals surface area contributed by atoms with E-state index >= 15 is 0 Å². The van der Waals surface area contributed by atoms with E-state index in [1.54, 1.807) is 0 Å². The second kappa shape index (κ2) is 5.86. The van der Waals surface area contributed by atoms with Crippen molar-refractivity contribution in [2.75, 3.05) is 19.7 Å². The number of hydrogen-bond acceptors (Lipinski definition) is 4. The number of hydrogen-bond donors (Lipinski definition) is 1. The predicted octanol–water partition coefficient (Wildman–Crippen LogP) is 1.18. The summed E-state index contributed by atoms with van der Waals surface area (Å²) in [6.07, 6.45) is -6.23. The van der Waals surface area contributed by atoms with E-state index < -0.39 is 45.3 Å². The Morgan fingerprint density at radius 3 is 2.55 bits per heavy atom. The van der Waals surface area contributed by atoms with E-state index in [2.05, 4.69) is 0 Å². The van der Waals surface area contributed by atoms with Crippen molar-refractivity contribution in [1.82, 2.24) is 4.31 Å². The van der Waals surface area contributed by atoms with E-state index in [9.17, 15) is 26.4 Å². The number of morpholine rings is 1. The normalized spacial score (nSPS) is 20.8. The third kappa shape index (κ3) is 3.23. The van der Waals surface area contributed by atoms with Crippen LogP contribution >= 0.6 is 0 Å². The maximum absolute atomic E-state index is 12.9. The van der Waals surface area contributed by atoms with Crippen LogP contribution in [0.1, 0.15) is 5.56 Å². The molecule has 1 saturated heterocycles. The van der Waals surface area contributed by atoms with Crippen molar-refractivity contribution in [3.05, 3.63) is 29.8 Å². The van der Waals surface area contributed by atoms with Crippen LogP contribution in [0.25, 0.3) is 0 Å². The minimum Gasteiger partial charge on any atom is -0.479 e. The Morgan fingerprint density at radius 2 is 1.95 bits per heavy atom. The number of rotatable bonds is 3. The molecule has 0 saturated carbocycles. The summed E-state index contributed by atoms with van der Waals surface area (Å²) in [5.74, 6) is -1.37. The van der Waals surface area contributed by atoms with Crippen molar-refractivity contribution >= 4 is 16.0 Å². The maximum atomic E-state index is 12.9. The summed E-state index contributed by atoms with van der Waals surface area (Å²) >= 11 is 0. The van der Waals surface area contributed by atoms with Gasteiger partial charge in [-0.2, -0.15) is 17.5 Å². The molecular weight excluding hydrogens is 327 g/mol. The van der Waals surface area contributed by atoms with Crippen molar-refractivity contribution < 1.29 is 36.2 Å². The minimum absolute atomic E-state index is 0.204. The van der Waals surface area contributed by atoms with Gasteiger partial charge in [-0.1, -0.05) is 12.1 Å². The third-order valence-corrected chi connectivity index (χ3v) is 5.04. The van der Waals surface area contributed by atoms with Gasteiger partial charge in [0.2, 0.25) is 10.0 Å². The Bertz CT molecular complexity index is 674. The first-order chi connectivity index (χ1) is 10.1. The summed E-state index contributed by atoms with van der Waals surface area (Å²) < 4.78 is 69.2. The molecule has 1 aromatic rings. The average Bonchev–Trinajstić information content (AvgIpc) is 2.46. The number of carbonyl (C=O) groups is 1. The van der Waals surface area contributed by atoms with E-state index in [0.717, 1.165) is 12.1 Å². The van der Waals surface area contributed by atoms with Gasteiger partial charge in [-0.15, -0.1) is 0 Å². The molecule has 0 unspecified atom stereocenters. The Morgan fingerprint density at radius 1 is 1.32 bits per heavy atom. The fraction of sp³-hybridized carbons (Fsp3) is 0.417. The fourth-order valence-corrected chi connectivity index (χ4v) is 3.70. The first-order valence-corrected chi connectivity index (χ1v) is 7.59. The SMILES string of the molecule is O=C(O)[C@@H]1CN(S(=O)(=O)c2ccccc2C(F)(F)F)CCO1. The zero-order chi connectivity index (χ0) is 16.5. The lowest BCUT2D eigenvalue weighted by atomic mass is 10.2. The molecule has 0 aliphatic carbocycles. The molecule has 0 bridgehead atoms. The molecule has 0 aromatic heterocycles. The summed E-state index contributed by atoms with van der Waals surface area (Å²) in [6.45, 7) is -0.952. The van der Waals surface area contributed by atoms with Crippen LogP contribution < -0.4 is 0 Å². The summed E-state index contributed by atoms with van der Waals surface area (Å²) in [5, 5.41) is 8.85. The van der Waals surface area contributed by atoms with Gasteiger partial charge >= 0.3 is 12.1 Å². The molecule has 122 valence electrons. The predicted molar refractivity (Wildman–Crippen MR) is 67.6 cm³/mol. The van der Waals surface area contributed by atoms with Gasteiger partial charge in [-0.3, -0.25) is 0 Å². The van der Waals surface area contributed by atoms with Gasteiger partial charge < -0.3 is 9.84 Å². The quantitative estimate of drug-likeness (QED) is 0.894. The maximum Gasteiger partial charge on any atom is 0.417 e. The van der Waals surface area contributed by atoms with E-state index in [1.165, 1.54) is 6.07 Å². The highest BCUT2D eigenvalue weighted by Gasteiger charge is 2.40. The average molecular weight is 339 g/mol. The first-order valence-electron chi connectivity index (χ1n) is 6.15. The summed E-state index contributed by atoms with van der Waals surface area (Å²) in [6, 6.07) is 3.78. The minimum atomic E-state index is -4.83. The van der Waals surface area contributed by atoms with Crippen LogP contribution in [0, 0.1) is 0 Å². The van der Waals surface area contributed by atoms with Gasteiger partial charge in [-0.05, 0) is 12.1 Å². The summed E-state index contributed by atoms with van der Waals surface area (Å²) in [4.78, 5) is 9.97. The monoisotopic (exact) mass is 339 g/mol. The molecule has 1 heterocycles. The standard InChI is InChI=1S/C12H12F3NO5S/c13-12(14,15)8-3-1-2-4-10(8)22(19,20)16-5-6-21-9(7-16)11(17)18/h1-4,9H,5-7H2,(H,17,18)/t9-/m0/s1. The van der Waals surface area contributed by atoms with Gasteiger partial charge in [0, 0.05) is 6.54 Å². The van der Waals surface area contributed by atoms with Gasteiger partial charge in [0.25, 0.3) is 0 Å². The number of halogens is 3. The van der Waals surface area contributed by atoms with Gasteiger partial charge in [0.05, 0.1) is 23.6 Å². The largest absolute Gasteiger partial charge is 0.479 e. The van der Waals surface area contributed by atoms with E-state index in [4.69, 9.17) is 9.84 Å². The van der Waals surface area contributed by atoms with Crippen LogP contribution in [0.4, 0.5) is 13.2 Å². The van der Waals surface area contributed by atoms with E-state index in [0.29, 0.717) is 10.4 Å². The van der Waals surface area contributed by atoms with Crippen LogP contribution in [0.3, 0.4) is 0 Å². The van der Waals surface area contributed by atoms with Gasteiger partial charge in [0.1, 0.15) is 0 Å². The van der Waals surface area contributed by atoms with Crippen LogP contribution in [0.2, 0.25) is 0 Å². The zero-order valence-electron chi connectivity index (χ0n) is 11.1. The fourth-order valence-electron chi connectivity index (χ4n) is 2.06. The number of sulfonamides is 1. The van der Waals surface area contributed by atoms with E-state index in [-0.39, 0.29) is 13.2 Å². The second-order valence-electron chi connectivity index (χ2n) is 4.55. The highest BCUT2D eigenvalue weighted by molar-refractivity contribution is 7.89. The summed E-state index contributed by atoms with van der Waals surface area (Å²) in [7, 11) is -4.47. The number of benzene rings is 1. The number of nitrogens with zero attached hydrogens (tertiary/aromatic N) is 1. The van der Waals surface area contributed by atoms with Crippen LogP contribution in [-0.4, -0.2) is 49.6 Å². The number of aliphatic carboxylic acids is 1.